The number of para-hydroxylation sites is 1. The molecule has 0 radical (unpaired) electrons. The zero-order valence-corrected chi connectivity index (χ0v) is 15.6. The van der Waals surface area contributed by atoms with E-state index in [2.05, 4.69) is 25.2 Å². The Labute approximate surface area is 158 Å². The van der Waals surface area contributed by atoms with Crippen LogP contribution in [0.5, 0.6) is 11.5 Å². The first kappa shape index (κ1) is 17.8. The van der Waals surface area contributed by atoms with Crippen molar-refractivity contribution < 1.29 is 18.7 Å². The number of rotatable bonds is 6. The maximum absolute atomic E-state index is 13.8. The van der Waals surface area contributed by atoms with Crippen LogP contribution >= 0.6 is 0 Å². The monoisotopic (exact) mass is 369 g/mol. The first-order valence-corrected chi connectivity index (χ1v) is 9.40. The van der Waals surface area contributed by atoms with Crippen molar-refractivity contribution >= 4 is 5.91 Å². The van der Waals surface area contributed by atoms with Gasteiger partial charge >= 0.3 is 0 Å². The molecule has 1 fully saturated rings. The maximum Gasteiger partial charge on any atom is 0.223 e. The quantitative estimate of drug-likeness (QED) is 0.787. The molecule has 5 heteroatoms. The Hall–Kier alpha value is -2.56. The molecule has 0 spiro atoms. The molecule has 1 N–H and O–H groups in total. The average molecular weight is 369 g/mol. The Bertz CT molecular complexity index is 864. The minimum atomic E-state index is -0.234. The summed E-state index contributed by atoms with van der Waals surface area (Å²) in [6.07, 6.45) is 1.55. The van der Waals surface area contributed by atoms with E-state index in [-0.39, 0.29) is 29.2 Å². The van der Waals surface area contributed by atoms with Crippen LogP contribution in [-0.4, -0.2) is 24.7 Å². The maximum atomic E-state index is 13.8. The molecule has 2 aromatic rings. The highest BCUT2D eigenvalue weighted by Gasteiger charge is 2.44. The van der Waals surface area contributed by atoms with Crippen molar-refractivity contribution in [2.45, 2.75) is 38.2 Å². The van der Waals surface area contributed by atoms with E-state index in [0.717, 1.165) is 17.7 Å². The Balaban J connectivity index is 1.26. The molecule has 27 heavy (non-hydrogen) atoms. The second kappa shape index (κ2) is 6.87. The van der Waals surface area contributed by atoms with E-state index in [1.807, 2.05) is 12.1 Å². The lowest BCUT2D eigenvalue weighted by atomic mass is 10.0. The molecule has 1 heterocycles. The van der Waals surface area contributed by atoms with Crippen LogP contribution in [0.15, 0.2) is 42.5 Å². The average Bonchev–Trinajstić information content (AvgIpc) is 3.34. The number of nitrogens with one attached hydrogen (secondary N) is 1. The van der Waals surface area contributed by atoms with Gasteiger partial charge in [0.1, 0.15) is 18.0 Å². The van der Waals surface area contributed by atoms with E-state index in [0.29, 0.717) is 30.9 Å². The van der Waals surface area contributed by atoms with E-state index in [1.54, 1.807) is 18.2 Å². The van der Waals surface area contributed by atoms with Gasteiger partial charge in [-0.3, -0.25) is 4.79 Å². The molecule has 1 aliphatic heterocycles. The lowest BCUT2D eigenvalue weighted by Crippen LogP contribution is -2.29. The number of halogens is 1. The van der Waals surface area contributed by atoms with E-state index >= 15 is 0 Å². The number of hydrogen-bond acceptors (Lipinski definition) is 3. The van der Waals surface area contributed by atoms with Crippen LogP contribution in [0.3, 0.4) is 0 Å². The van der Waals surface area contributed by atoms with Crippen LogP contribution in [-0.2, 0) is 11.2 Å². The van der Waals surface area contributed by atoms with E-state index in [1.165, 1.54) is 6.07 Å². The molecular weight excluding hydrogens is 345 g/mol. The van der Waals surface area contributed by atoms with E-state index in [9.17, 15) is 9.18 Å². The van der Waals surface area contributed by atoms with Gasteiger partial charge in [-0.15, -0.1) is 0 Å². The number of hydrogen-bond donors (Lipinski definition) is 1. The second-order valence-electron chi connectivity index (χ2n) is 7.89. The first-order valence-electron chi connectivity index (χ1n) is 9.40. The van der Waals surface area contributed by atoms with Gasteiger partial charge in [0.25, 0.3) is 0 Å². The zero-order chi connectivity index (χ0) is 19.0. The van der Waals surface area contributed by atoms with Crippen LogP contribution in [0.2, 0.25) is 0 Å². The highest BCUT2D eigenvalue weighted by molar-refractivity contribution is 5.82. The highest BCUT2D eigenvalue weighted by Crippen LogP contribution is 2.48. The van der Waals surface area contributed by atoms with Crippen molar-refractivity contribution in [1.82, 2.24) is 5.32 Å². The van der Waals surface area contributed by atoms with Gasteiger partial charge in [0.05, 0.1) is 6.54 Å². The largest absolute Gasteiger partial charge is 0.488 e. The first-order chi connectivity index (χ1) is 12.9. The molecule has 2 unspecified atom stereocenters. The molecule has 1 saturated carbocycles. The summed E-state index contributed by atoms with van der Waals surface area (Å²) >= 11 is 0. The zero-order valence-electron chi connectivity index (χ0n) is 15.6. The lowest BCUT2D eigenvalue weighted by molar-refractivity contribution is -0.122. The van der Waals surface area contributed by atoms with Crippen molar-refractivity contribution in [1.29, 1.82) is 0 Å². The standard InChI is InChI=1S/C22H24FNO3/c1-22(2)13-14-6-5-9-19(20(14)27-22)26-11-10-24-21(25)17-12-16(17)15-7-3-4-8-18(15)23/h3-9,16-17H,10-13H2,1-2H3,(H,24,25). The molecule has 4 nitrogen and oxygen atoms in total. The van der Waals surface area contributed by atoms with Gasteiger partial charge in [-0.1, -0.05) is 30.3 Å². The molecule has 4 rings (SSSR count). The molecule has 0 bridgehead atoms. The van der Waals surface area contributed by atoms with Gasteiger partial charge in [-0.25, -0.2) is 4.39 Å². The fraction of sp³-hybridized carbons (Fsp3) is 0.409. The molecular formula is C22H24FNO3. The molecule has 2 atom stereocenters. The third-order valence-electron chi connectivity index (χ3n) is 5.15. The second-order valence-corrected chi connectivity index (χ2v) is 7.89. The summed E-state index contributed by atoms with van der Waals surface area (Å²) in [5.41, 5.74) is 1.56. The van der Waals surface area contributed by atoms with Crippen molar-refractivity contribution in [2.75, 3.05) is 13.2 Å². The molecule has 1 amide bonds. The Morgan fingerprint density at radius 1 is 1.26 bits per heavy atom. The van der Waals surface area contributed by atoms with Crippen molar-refractivity contribution in [2.24, 2.45) is 5.92 Å². The SMILES string of the molecule is CC1(C)Cc2cccc(OCCNC(=O)C3CC3c3ccccc3F)c2O1. The number of amides is 1. The van der Waals surface area contributed by atoms with Gasteiger partial charge in [-0.05, 0) is 43.9 Å². The van der Waals surface area contributed by atoms with E-state index in [4.69, 9.17) is 9.47 Å². The number of carbonyl (C=O) groups excluding carboxylic acids is 1. The topological polar surface area (TPSA) is 47.6 Å². The molecule has 2 aliphatic rings. The summed E-state index contributed by atoms with van der Waals surface area (Å²) < 4.78 is 25.6. The summed E-state index contributed by atoms with van der Waals surface area (Å²) in [6.45, 7) is 4.88. The fourth-order valence-corrected chi connectivity index (χ4v) is 3.77. The van der Waals surface area contributed by atoms with Gasteiger partial charge in [-0.2, -0.15) is 0 Å². The van der Waals surface area contributed by atoms with Gasteiger partial charge in [0.15, 0.2) is 11.5 Å². The predicted molar refractivity (Wildman–Crippen MR) is 101 cm³/mol. The predicted octanol–water partition coefficient (Wildman–Crippen LogP) is 3.84. The van der Waals surface area contributed by atoms with Crippen LogP contribution in [0, 0.1) is 11.7 Å². The molecule has 0 aromatic heterocycles. The summed E-state index contributed by atoms with van der Waals surface area (Å²) in [7, 11) is 0. The Morgan fingerprint density at radius 3 is 2.89 bits per heavy atom. The Kier molecular flexibility index (Phi) is 4.54. The van der Waals surface area contributed by atoms with Crippen LogP contribution in [0.4, 0.5) is 4.39 Å². The minimum Gasteiger partial charge on any atom is -0.488 e. The van der Waals surface area contributed by atoms with Crippen LogP contribution in [0.1, 0.15) is 37.3 Å². The normalized spacial score (nSPS) is 21.9. The third-order valence-corrected chi connectivity index (χ3v) is 5.15. The molecule has 0 saturated heterocycles. The summed E-state index contributed by atoms with van der Waals surface area (Å²) in [6, 6.07) is 12.6. The van der Waals surface area contributed by atoms with Gasteiger partial charge in [0, 0.05) is 17.9 Å². The lowest BCUT2D eigenvalue weighted by Gasteiger charge is -2.18. The van der Waals surface area contributed by atoms with Crippen molar-refractivity contribution in [3.05, 3.63) is 59.4 Å². The highest BCUT2D eigenvalue weighted by atomic mass is 19.1. The third kappa shape index (κ3) is 3.77. The summed E-state index contributed by atoms with van der Waals surface area (Å²) in [5, 5.41) is 2.89. The van der Waals surface area contributed by atoms with E-state index < -0.39 is 0 Å². The number of benzene rings is 2. The number of carbonyl (C=O) groups is 1. The van der Waals surface area contributed by atoms with Crippen molar-refractivity contribution in [3.63, 3.8) is 0 Å². The smallest absolute Gasteiger partial charge is 0.223 e. The fourth-order valence-electron chi connectivity index (χ4n) is 3.77. The molecule has 1 aliphatic carbocycles. The minimum absolute atomic E-state index is 0.0138. The summed E-state index contributed by atoms with van der Waals surface area (Å²) in [5.74, 6) is 1.08. The molecule has 2 aromatic carbocycles. The van der Waals surface area contributed by atoms with Crippen molar-refractivity contribution in [3.8, 4) is 11.5 Å². The number of ether oxygens (including phenoxy) is 2. The van der Waals surface area contributed by atoms with Crippen LogP contribution in [0.25, 0.3) is 0 Å². The Morgan fingerprint density at radius 2 is 2.07 bits per heavy atom. The van der Waals surface area contributed by atoms with Gasteiger partial charge < -0.3 is 14.8 Å². The molecule has 142 valence electrons. The van der Waals surface area contributed by atoms with Gasteiger partial charge in [0.2, 0.25) is 5.91 Å². The van der Waals surface area contributed by atoms with Crippen LogP contribution < -0.4 is 14.8 Å². The number of fused-ring (bicyclic) bond motifs is 1. The summed E-state index contributed by atoms with van der Waals surface area (Å²) in [4.78, 5) is 12.3.